The minimum absolute atomic E-state index is 0.0301. The molecule has 6 N–H and O–H groups in total. The molecule has 0 radical (unpaired) electrons. The number of aliphatic hydroxyl groups excluding tert-OH is 1. The molecule has 0 saturated heterocycles. The van der Waals surface area contributed by atoms with Crippen LogP contribution in [0.25, 0.3) is 21.4 Å². The van der Waals surface area contributed by atoms with Crippen molar-refractivity contribution in [2.75, 3.05) is 18.5 Å². The van der Waals surface area contributed by atoms with Crippen LogP contribution in [0.15, 0.2) is 52.0 Å². The number of anilines is 1. The fourth-order valence-corrected chi connectivity index (χ4v) is 6.94. The number of thiazole rings is 1. The van der Waals surface area contributed by atoms with Gasteiger partial charge >= 0.3 is 5.91 Å². The zero-order chi connectivity index (χ0) is 39.4. The number of fused-ring (bicyclic) bond motifs is 2. The minimum Gasteiger partial charge on any atom is -0.491 e. The number of oxazole rings is 1. The molecule has 5 aromatic heterocycles. The summed E-state index contributed by atoms with van der Waals surface area (Å²) in [6.07, 6.45) is 5.75. The first kappa shape index (κ1) is 38.3. The summed E-state index contributed by atoms with van der Waals surface area (Å²) in [4.78, 5) is 69.1. The number of carbonyl (C=O) groups is 4. The number of aryl methyl sites for hydroxylation is 4. The van der Waals surface area contributed by atoms with E-state index in [0.717, 1.165) is 11.3 Å². The van der Waals surface area contributed by atoms with E-state index in [2.05, 4.69) is 30.4 Å². The molecular weight excluding hydrogens is 731 g/mol. The number of imidazole rings is 1. The molecule has 18 nitrogen and oxygen atoms in total. The first-order chi connectivity index (χ1) is 26.4. The third-order valence-electron chi connectivity index (χ3n) is 8.39. The maximum Gasteiger partial charge on any atom is 0.317 e. The van der Waals surface area contributed by atoms with Gasteiger partial charge in [0.15, 0.2) is 16.3 Å². The zero-order valence-electron chi connectivity index (χ0n) is 30.5. The number of nitrogens with two attached hydrogens (primary N) is 2. The molecule has 0 aliphatic carbocycles. The molecule has 0 unspecified atom stereocenters. The van der Waals surface area contributed by atoms with Crippen molar-refractivity contribution in [2.24, 2.45) is 16.5 Å². The lowest BCUT2D eigenvalue weighted by Gasteiger charge is -2.11. The Bertz CT molecular complexity index is 2560. The summed E-state index contributed by atoms with van der Waals surface area (Å²) in [6, 6.07) is 6.29. The second kappa shape index (κ2) is 16.3. The molecule has 0 spiro atoms. The summed E-state index contributed by atoms with van der Waals surface area (Å²) in [5.41, 5.74) is 14.2. The summed E-state index contributed by atoms with van der Waals surface area (Å²) >= 11 is 1.15. The Balaban J connectivity index is 1.41. The summed E-state index contributed by atoms with van der Waals surface area (Å²) in [6.45, 7) is 8.01. The molecule has 6 rings (SSSR count). The standard InChI is InChI=1S/C36H39N11O7S/c1-5-23-29(54-20(4)40-23)34(52)43-36-45(28-26(53-13-9-12-48)16-21(30(37)49)17-27(28)55-36)10-7-8-11-46-32-24(15-22(18-39-32)31(38)50)41-35(46)42-33(51)25-14-19(3)44-47(25)6-2/h7-8,14-18,48H,5-6,9-13H2,1-4H3,(H2,37,49)(H2,38,50)(H,41,42,51)/b8-7+,43-36?. The second-order valence-electron chi connectivity index (χ2n) is 12.3. The maximum absolute atomic E-state index is 13.5. The number of ether oxygens (including phenoxy) is 1. The van der Waals surface area contributed by atoms with E-state index in [0.29, 0.717) is 69.5 Å². The van der Waals surface area contributed by atoms with Gasteiger partial charge in [0.2, 0.25) is 23.5 Å². The highest BCUT2D eigenvalue weighted by Gasteiger charge is 2.22. The van der Waals surface area contributed by atoms with Gasteiger partial charge in [-0.05, 0) is 44.5 Å². The predicted molar refractivity (Wildman–Crippen MR) is 202 cm³/mol. The topological polar surface area (TPSA) is 254 Å². The molecule has 0 atom stereocenters. The summed E-state index contributed by atoms with van der Waals surface area (Å²) < 4.78 is 17.2. The molecule has 55 heavy (non-hydrogen) atoms. The molecule has 0 fully saturated rings. The third kappa shape index (κ3) is 8.06. The highest BCUT2D eigenvalue weighted by atomic mass is 32.1. The van der Waals surface area contributed by atoms with Crippen LogP contribution in [0.2, 0.25) is 0 Å². The lowest BCUT2D eigenvalue weighted by Crippen LogP contribution is -2.20. The number of nitrogens with one attached hydrogen (secondary N) is 1. The average Bonchev–Trinajstić information content (AvgIpc) is 3.92. The van der Waals surface area contributed by atoms with E-state index < -0.39 is 23.6 Å². The quantitative estimate of drug-likeness (QED) is 0.0872. The van der Waals surface area contributed by atoms with Crippen LogP contribution in [0, 0.1) is 13.8 Å². The molecular formula is C36H39N11O7S. The van der Waals surface area contributed by atoms with Crippen LogP contribution in [-0.4, -0.2) is 75.8 Å². The largest absolute Gasteiger partial charge is 0.491 e. The number of allylic oxidation sites excluding steroid dienone is 2. The smallest absolute Gasteiger partial charge is 0.317 e. The van der Waals surface area contributed by atoms with Crippen LogP contribution >= 0.6 is 11.3 Å². The number of rotatable bonds is 15. The van der Waals surface area contributed by atoms with E-state index in [1.165, 1.54) is 18.3 Å². The number of hydrogen-bond acceptors (Lipinski definition) is 12. The zero-order valence-corrected chi connectivity index (χ0v) is 31.3. The monoisotopic (exact) mass is 769 g/mol. The molecule has 19 heteroatoms. The normalized spacial score (nSPS) is 12.0. The molecule has 0 bridgehead atoms. The van der Waals surface area contributed by atoms with Crippen molar-refractivity contribution in [3.05, 3.63) is 87.3 Å². The van der Waals surface area contributed by atoms with Crippen LogP contribution < -0.4 is 26.3 Å². The van der Waals surface area contributed by atoms with Gasteiger partial charge < -0.3 is 30.3 Å². The lowest BCUT2D eigenvalue weighted by molar-refractivity contribution is 0.0965. The van der Waals surface area contributed by atoms with Gasteiger partial charge in [-0.2, -0.15) is 10.1 Å². The number of primary amides is 2. The third-order valence-corrected chi connectivity index (χ3v) is 9.41. The summed E-state index contributed by atoms with van der Waals surface area (Å²) in [7, 11) is 0. The van der Waals surface area contributed by atoms with Gasteiger partial charge in [0.1, 0.15) is 22.5 Å². The highest BCUT2D eigenvalue weighted by molar-refractivity contribution is 7.16. The van der Waals surface area contributed by atoms with E-state index in [4.69, 9.17) is 20.6 Å². The van der Waals surface area contributed by atoms with Gasteiger partial charge in [-0.3, -0.25) is 33.7 Å². The Kier molecular flexibility index (Phi) is 11.3. The number of amides is 4. The van der Waals surface area contributed by atoms with E-state index in [-0.39, 0.29) is 53.9 Å². The summed E-state index contributed by atoms with van der Waals surface area (Å²) in [5.74, 6) is -1.58. The van der Waals surface area contributed by atoms with Crippen LogP contribution in [0.1, 0.15) is 79.3 Å². The molecule has 0 aliphatic heterocycles. The van der Waals surface area contributed by atoms with Crippen LogP contribution in [0.3, 0.4) is 0 Å². The van der Waals surface area contributed by atoms with Crippen molar-refractivity contribution in [2.45, 2.75) is 60.2 Å². The molecule has 1 aromatic carbocycles. The first-order valence-electron chi connectivity index (χ1n) is 17.3. The van der Waals surface area contributed by atoms with Gasteiger partial charge in [0.05, 0.1) is 28.3 Å². The van der Waals surface area contributed by atoms with Gasteiger partial charge in [-0.15, -0.1) is 0 Å². The van der Waals surface area contributed by atoms with E-state index in [9.17, 15) is 24.3 Å². The van der Waals surface area contributed by atoms with Crippen LogP contribution in [0.4, 0.5) is 5.95 Å². The number of carbonyl (C=O) groups excluding carboxylic acids is 4. The SMILES string of the molecule is CCc1nc(C)oc1C(=O)N=c1sc2cc(C(N)=O)cc(OCCCO)c2n1C/C=C/Cn1c(NC(=O)c2cc(C)nn2CC)nc2cc(C(N)=O)cnc21. The van der Waals surface area contributed by atoms with Crippen molar-refractivity contribution >= 4 is 62.3 Å². The fraction of sp³-hybridized carbons (Fsp3) is 0.306. The van der Waals surface area contributed by atoms with Crippen LogP contribution in [-0.2, 0) is 26.1 Å². The van der Waals surface area contributed by atoms with E-state index in [1.807, 2.05) is 26.0 Å². The number of hydrogen-bond donors (Lipinski definition) is 4. The maximum atomic E-state index is 13.5. The Morgan fingerprint density at radius 2 is 1.76 bits per heavy atom. The number of aromatic nitrogens is 7. The molecule has 0 aliphatic rings. The second-order valence-corrected chi connectivity index (χ2v) is 13.3. The van der Waals surface area contributed by atoms with E-state index in [1.54, 1.807) is 39.8 Å². The number of aliphatic hydroxyl groups is 1. The Labute approximate surface area is 317 Å². The highest BCUT2D eigenvalue weighted by Crippen LogP contribution is 2.30. The molecule has 5 heterocycles. The average molecular weight is 770 g/mol. The molecule has 6 aromatic rings. The van der Waals surface area contributed by atoms with Crippen LogP contribution in [0.5, 0.6) is 5.75 Å². The Hall–Kier alpha value is -6.47. The van der Waals surface area contributed by atoms with Gasteiger partial charge in [0, 0.05) is 51.3 Å². The predicted octanol–water partition coefficient (Wildman–Crippen LogP) is 3.04. The molecule has 0 saturated carbocycles. The first-order valence-corrected chi connectivity index (χ1v) is 18.2. The number of nitrogens with zero attached hydrogens (tertiary/aromatic N) is 8. The number of pyridine rings is 1. The van der Waals surface area contributed by atoms with Crippen molar-refractivity contribution < 1.29 is 33.4 Å². The Morgan fingerprint density at radius 3 is 2.45 bits per heavy atom. The molecule has 286 valence electrons. The van der Waals surface area contributed by atoms with Gasteiger partial charge in [-0.1, -0.05) is 30.4 Å². The van der Waals surface area contributed by atoms with E-state index >= 15 is 0 Å². The fourth-order valence-electron chi connectivity index (χ4n) is 5.85. The number of benzene rings is 1. The van der Waals surface area contributed by atoms with Crippen molar-refractivity contribution in [1.82, 2.24) is 33.9 Å². The lowest BCUT2D eigenvalue weighted by atomic mass is 10.2. The summed E-state index contributed by atoms with van der Waals surface area (Å²) in [5, 5.41) is 16.6. The van der Waals surface area contributed by atoms with Crippen molar-refractivity contribution in [1.29, 1.82) is 0 Å². The molecule has 4 amide bonds. The van der Waals surface area contributed by atoms with Crippen molar-refractivity contribution in [3.63, 3.8) is 0 Å². The van der Waals surface area contributed by atoms with Crippen molar-refractivity contribution in [3.8, 4) is 5.75 Å². The van der Waals surface area contributed by atoms with Gasteiger partial charge in [0.25, 0.3) is 5.91 Å². The van der Waals surface area contributed by atoms with Gasteiger partial charge in [-0.25, -0.2) is 15.0 Å². The minimum atomic E-state index is -0.677. The Morgan fingerprint density at radius 1 is 1.02 bits per heavy atom.